The Hall–Kier alpha value is -2.02. The SMILES string of the molecule is C=C(C#N)/C1=C/C(C)=C/C(C)=C\C(CC)=C\CC1C(F)(F)F. The van der Waals surface area contributed by atoms with E-state index >= 15 is 0 Å². The summed E-state index contributed by atoms with van der Waals surface area (Å²) in [6, 6.07) is 1.75. The lowest BCUT2D eigenvalue weighted by atomic mass is 9.87. The average molecular weight is 307 g/mol. The van der Waals surface area contributed by atoms with Crippen LogP contribution in [0.25, 0.3) is 0 Å². The molecule has 0 fully saturated rings. The van der Waals surface area contributed by atoms with E-state index in [2.05, 4.69) is 6.58 Å². The standard InChI is InChI=1S/C18H20F3N/c1-5-15-6-7-17(18(19,20)21)16(14(4)11-22)10-13(3)8-12(2)9-15/h6,8-10,17H,4-5,7H2,1-3H3/b12-9-,13-8+,15-6+,16-10-. The van der Waals surface area contributed by atoms with Gasteiger partial charge in [-0.3, -0.25) is 0 Å². The van der Waals surface area contributed by atoms with Crippen LogP contribution in [0.2, 0.25) is 0 Å². The highest BCUT2D eigenvalue weighted by Crippen LogP contribution is 2.38. The second-order valence-electron chi connectivity index (χ2n) is 5.43. The second-order valence-corrected chi connectivity index (χ2v) is 5.43. The number of halogens is 3. The van der Waals surface area contributed by atoms with Gasteiger partial charge in [0.05, 0.1) is 12.0 Å². The van der Waals surface area contributed by atoms with Gasteiger partial charge < -0.3 is 0 Å². The summed E-state index contributed by atoms with van der Waals surface area (Å²) in [6.07, 6.45) is 2.80. The van der Waals surface area contributed by atoms with Gasteiger partial charge in [0.1, 0.15) is 0 Å². The Bertz CT molecular complexity index is 607. The summed E-state index contributed by atoms with van der Waals surface area (Å²) in [7, 11) is 0. The van der Waals surface area contributed by atoms with Crippen molar-refractivity contribution in [1.82, 2.24) is 0 Å². The van der Waals surface area contributed by atoms with Gasteiger partial charge in [-0.2, -0.15) is 18.4 Å². The number of nitriles is 1. The molecule has 0 aromatic heterocycles. The van der Waals surface area contributed by atoms with Crippen molar-refractivity contribution in [3.8, 4) is 6.07 Å². The highest BCUT2D eigenvalue weighted by molar-refractivity contribution is 5.47. The van der Waals surface area contributed by atoms with Gasteiger partial charge in [-0.25, -0.2) is 0 Å². The minimum absolute atomic E-state index is 0.0508. The molecule has 0 heterocycles. The van der Waals surface area contributed by atoms with Crippen molar-refractivity contribution in [2.45, 2.75) is 39.8 Å². The molecule has 1 aliphatic carbocycles. The van der Waals surface area contributed by atoms with Crippen LogP contribution in [-0.4, -0.2) is 6.18 Å². The van der Waals surface area contributed by atoms with Gasteiger partial charge in [-0.15, -0.1) is 0 Å². The zero-order chi connectivity index (χ0) is 16.9. The second kappa shape index (κ2) is 7.31. The van der Waals surface area contributed by atoms with E-state index in [4.69, 9.17) is 5.26 Å². The molecule has 1 aliphatic rings. The van der Waals surface area contributed by atoms with Gasteiger partial charge in [-0.1, -0.05) is 54.5 Å². The van der Waals surface area contributed by atoms with Crippen molar-refractivity contribution < 1.29 is 13.2 Å². The molecule has 0 saturated carbocycles. The normalized spacial score (nSPS) is 29.6. The van der Waals surface area contributed by atoms with E-state index in [9.17, 15) is 13.2 Å². The summed E-state index contributed by atoms with van der Waals surface area (Å²) in [5.41, 5.74) is 2.31. The summed E-state index contributed by atoms with van der Waals surface area (Å²) < 4.78 is 40.2. The molecule has 0 aromatic rings. The Labute approximate surface area is 129 Å². The number of rotatable bonds is 2. The molecule has 1 nitrogen and oxygen atoms in total. The predicted molar refractivity (Wildman–Crippen MR) is 82.9 cm³/mol. The highest BCUT2D eigenvalue weighted by Gasteiger charge is 2.42. The quantitative estimate of drug-likeness (QED) is 0.591. The van der Waals surface area contributed by atoms with Crippen molar-refractivity contribution in [3.05, 3.63) is 58.7 Å². The van der Waals surface area contributed by atoms with Crippen LogP contribution in [0.15, 0.2) is 58.7 Å². The zero-order valence-electron chi connectivity index (χ0n) is 13.1. The molecule has 1 atom stereocenters. The molecule has 1 unspecified atom stereocenters. The van der Waals surface area contributed by atoms with Crippen LogP contribution in [0.4, 0.5) is 13.2 Å². The molecule has 118 valence electrons. The molecule has 0 spiro atoms. The third-order valence-corrected chi connectivity index (χ3v) is 3.53. The Balaban J connectivity index is 3.51. The molecule has 22 heavy (non-hydrogen) atoms. The Morgan fingerprint density at radius 2 is 1.86 bits per heavy atom. The number of nitrogens with zero attached hydrogens (tertiary/aromatic N) is 1. The van der Waals surface area contributed by atoms with Gasteiger partial charge in [0.25, 0.3) is 0 Å². The summed E-state index contributed by atoms with van der Waals surface area (Å²) in [5, 5.41) is 8.99. The van der Waals surface area contributed by atoms with Crippen LogP contribution in [-0.2, 0) is 0 Å². The molecule has 0 aliphatic heterocycles. The molecule has 1 rings (SSSR count). The van der Waals surface area contributed by atoms with Gasteiger partial charge in [0.2, 0.25) is 0 Å². The van der Waals surface area contributed by atoms with E-state index in [1.54, 1.807) is 19.1 Å². The zero-order valence-corrected chi connectivity index (χ0v) is 13.1. The fraction of sp³-hybridized carbons (Fsp3) is 0.389. The first-order valence-electron chi connectivity index (χ1n) is 7.12. The van der Waals surface area contributed by atoms with E-state index < -0.39 is 12.1 Å². The maximum atomic E-state index is 13.4. The molecule has 4 heteroatoms. The van der Waals surface area contributed by atoms with Gasteiger partial charge >= 0.3 is 6.18 Å². The molecular weight excluding hydrogens is 287 g/mol. The summed E-state index contributed by atoms with van der Waals surface area (Å²) in [5.74, 6) is -1.71. The van der Waals surface area contributed by atoms with E-state index in [-0.39, 0.29) is 17.6 Å². The minimum Gasteiger partial charge on any atom is -0.192 e. The van der Waals surface area contributed by atoms with Crippen molar-refractivity contribution in [2.75, 3.05) is 0 Å². The number of alkyl halides is 3. The largest absolute Gasteiger partial charge is 0.396 e. The maximum absolute atomic E-state index is 13.4. The summed E-state index contributed by atoms with van der Waals surface area (Å²) >= 11 is 0. The molecular formula is C18H20F3N. The molecule has 0 bridgehead atoms. The summed E-state index contributed by atoms with van der Waals surface area (Å²) in [4.78, 5) is 0. The van der Waals surface area contributed by atoms with E-state index in [0.717, 1.165) is 11.1 Å². The predicted octanol–water partition coefficient (Wildman–Crippen LogP) is 5.80. The van der Waals surface area contributed by atoms with Crippen LogP contribution in [0.3, 0.4) is 0 Å². The van der Waals surface area contributed by atoms with Gasteiger partial charge in [-0.05, 0) is 32.3 Å². The molecule has 0 aromatic carbocycles. The maximum Gasteiger partial charge on any atom is 0.396 e. The Morgan fingerprint density at radius 1 is 1.27 bits per heavy atom. The van der Waals surface area contributed by atoms with Crippen molar-refractivity contribution in [3.63, 3.8) is 0 Å². The third-order valence-electron chi connectivity index (χ3n) is 3.53. The van der Waals surface area contributed by atoms with E-state index in [0.29, 0.717) is 12.0 Å². The van der Waals surface area contributed by atoms with Crippen LogP contribution in [0, 0.1) is 17.2 Å². The van der Waals surface area contributed by atoms with Crippen LogP contribution in [0.1, 0.15) is 33.6 Å². The fourth-order valence-corrected chi connectivity index (χ4v) is 2.45. The van der Waals surface area contributed by atoms with Gasteiger partial charge in [0.15, 0.2) is 0 Å². The Morgan fingerprint density at radius 3 is 2.36 bits per heavy atom. The lowest BCUT2D eigenvalue weighted by Gasteiger charge is -2.23. The van der Waals surface area contributed by atoms with Crippen LogP contribution >= 0.6 is 0 Å². The van der Waals surface area contributed by atoms with Crippen molar-refractivity contribution >= 4 is 0 Å². The molecule has 0 saturated heterocycles. The smallest absolute Gasteiger partial charge is 0.192 e. The first-order valence-corrected chi connectivity index (χ1v) is 7.12. The summed E-state index contributed by atoms with van der Waals surface area (Å²) in [6.45, 7) is 9.03. The monoisotopic (exact) mass is 307 g/mol. The number of hydrogen-bond acceptors (Lipinski definition) is 1. The van der Waals surface area contributed by atoms with Gasteiger partial charge in [0, 0.05) is 5.57 Å². The van der Waals surface area contributed by atoms with Crippen molar-refractivity contribution in [2.24, 2.45) is 5.92 Å². The average Bonchev–Trinajstić information content (AvgIpc) is 2.42. The molecule has 0 amide bonds. The first-order chi connectivity index (χ1) is 10.2. The topological polar surface area (TPSA) is 23.8 Å². The fourth-order valence-electron chi connectivity index (χ4n) is 2.45. The van der Waals surface area contributed by atoms with Crippen molar-refractivity contribution in [1.29, 1.82) is 5.26 Å². The number of allylic oxidation sites excluding steroid dienone is 9. The molecule has 0 radical (unpaired) electrons. The third kappa shape index (κ3) is 4.77. The number of hydrogen-bond donors (Lipinski definition) is 0. The van der Waals surface area contributed by atoms with Crippen LogP contribution in [0.5, 0.6) is 0 Å². The minimum atomic E-state index is -4.42. The Kier molecular flexibility index (Phi) is 5.99. The lowest BCUT2D eigenvalue weighted by molar-refractivity contribution is -0.162. The first kappa shape index (κ1) is 18.0. The highest BCUT2D eigenvalue weighted by atomic mass is 19.4. The lowest BCUT2D eigenvalue weighted by Crippen LogP contribution is -2.25. The van der Waals surface area contributed by atoms with E-state index in [1.807, 2.05) is 26.0 Å². The van der Waals surface area contributed by atoms with E-state index in [1.165, 1.54) is 6.08 Å². The molecule has 0 N–H and O–H groups in total. The van der Waals surface area contributed by atoms with Crippen LogP contribution < -0.4 is 0 Å².